The Morgan fingerprint density at radius 3 is 2.15 bits per heavy atom. The van der Waals surface area contributed by atoms with Crippen molar-refractivity contribution in [3.05, 3.63) is 0 Å². The van der Waals surface area contributed by atoms with Crippen molar-refractivity contribution in [1.82, 2.24) is 10.2 Å². The molecule has 0 radical (unpaired) electrons. The summed E-state index contributed by atoms with van der Waals surface area (Å²) in [7, 11) is 0. The van der Waals surface area contributed by atoms with Crippen molar-refractivity contribution in [3.63, 3.8) is 0 Å². The molecule has 1 N–H and O–H groups in total. The molecule has 2 rings (SSSR count). The number of piperidine rings is 1. The molecule has 1 saturated heterocycles. The molecule has 6 unspecified atom stereocenters. The van der Waals surface area contributed by atoms with Gasteiger partial charge in [0.15, 0.2) is 0 Å². The molecule has 118 valence electrons. The Balaban J connectivity index is 2.07. The largest absolute Gasteiger partial charge is 0.312 e. The Bertz CT molecular complexity index is 281. The van der Waals surface area contributed by atoms with E-state index in [1.165, 1.54) is 45.3 Å². The smallest absolute Gasteiger partial charge is 0.0275 e. The third-order valence-electron chi connectivity index (χ3n) is 5.40. The van der Waals surface area contributed by atoms with Crippen molar-refractivity contribution in [2.45, 2.75) is 72.4 Å². The van der Waals surface area contributed by atoms with Crippen LogP contribution in [0.2, 0.25) is 0 Å². The van der Waals surface area contributed by atoms with E-state index in [9.17, 15) is 0 Å². The van der Waals surface area contributed by atoms with Crippen LogP contribution in [0.4, 0.5) is 0 Å². The summed E-state index contributed by atoms with van der Waals surface area (Å²) >= 11 is 0. The highest BCUT2D eigenvalue weighted by Crippen LogP contribution is 2.35. The van der Waals surface area contributed by atoms with Crippen LogP contribution in [0.5, 0.6) is 0 Å². The number of nitrogens with zero attached hydrogens (tertiary/aromatic N) is 1. The molecule has 2 nitrogen and oxygen atoms in total. The summed E-state index contributed by atoms with van der Waals surface area (Å²) in [6.07, 6.45) is 5.45. The molecule has 0 spiro atoms. The molecular formula is C18H36N2. The van der Waals surface area contributed by atoms with E-state index in [2.05, 4.69) is 44.8 Å². The van der Waals surface area contributed by atoms with E-state index in [4.69, 9.17) is 0 Å². The topological polar surface area (TPSA) is 15.3 Å². The first kappa shape index (κ1) is 16.3. The number of hydrogen-bond acceptors (Lipinski definition) is 2. The lowest BCUT2D eigenvalue weighted by atomic mass is 9.74. The van der Waals surface area contributed by atoms with Crippen molar-refractivity contribution in [1.29, 1.82) is 0 Å². The first-order valence-corrected chi connectivity index (χ1v) is 8.98. The van der Waals surface area contributed by atoms with Crippen LogP contribution in [-0.2, 0) is 0 Å². The lowest BCUT2D eigenvalue weighted by Gasteiger charge is -2.49. The zero-order valence-corrected chi connectivity index (χ0v) is 14.4. The number of hydrogen-bond donors (Lipinski definition) is 1. The van der Waals surface area contributed by atoms with Crippen molar-refractivity contribution < 1.29 is 0 Å². The summed E-state index contributed by atoms with van der Waals surface area (Å²) in [6, 6.07) is 1.48. The third kappa shape index (κ3) is 3.98. The summed E-state index contributed by atoms with van der Waals surface area (Å²) in [5, 5.41) is 3.87. The molecule has 1 aliphatic carbocycles. The highest BCUT2D eigenvalue weighted by molar-refractivity contribution is 4.95. The van der Waals surface area contributed by atoms with Gasteiger partial charge in [-0.25, -0.2) is 0 Å². The number of nitrogens with one attached hydrogen (secondary N) is 1. The molecule has 1 saturated carbocycles. The van der Waals surface area contributed by atoms with Crippen LogP contribution < -0.4 is 5.32 Å². The second-order valence-electron chi connectivity index (χ2n) is 8.01. The highest BCUT2D eigenvalue weighted by Gasteiger charge is 2.39. The fourth-order valence-corrected chi connectivity index (χ4v) is 4.94. The molecule has 2 heteroatoms. The minimum absolute atomic E-state index is 0.714. The second-order valence-corrected chi connectivity index (χ2v) is 8.01. The summed E-state index contributed by atoms with van der Waals surface area (Å²) in [6.45, 7) is 15.9. The van der Waals surface area contributed by atoms with Gasteiger partial charge in [-0.2, -0.15) is 0 Å². The highest BCUT2D eigenvalue weighted by atomic mass is 15.2. The van der Waals surface area contributed by atoms with Crippen LogP contribution in [0.1, 0.15) is 60.3 Å². The maximum absolute atomic E-state index is 3.87. The number of rotatable bonds is 4. The van der Waals surface area contributed by atoms with Gasteiger partial charge in [-0.1, -0.05) is 34.6 Å². The van der Waals surface area contributed by atoms with E-state index in [1.54, 1.807) is 0 Å². The van der Waals surface area contributed by atoms with Crippen LogP contribution in [0.3, 0.4) is 0 Å². The molecule has 0 amide bonds. The fourth-order valence-electron chi connectivity index (χ4n) is 4.94. The van der Waals surface area contributed by atoms with Crippen LogP contribution in [-0.4, -0.2) is 36.6 Å². The Labute approximate surface area is 126 Å². The van der Waals surface area contributed by atoms with Gasteiger partial charge in [-0.3, -0.25) is 4.90 Å². The Morgan fingerprint density at radius 1 is 0.900 bits per heavy atom. The predicted octanol–water partition coefficient (Wildman–Crippen LogP) is 3.77. The van der Waals surface area contributed by atoms with Crippen molar-refractivity contribution in [2.24, 2.45) is 23.7 Å². The maximum atomic E-state index is 3.87. The van der Waals surface area contributed by atoms with Gasteiger partial charge < -0.3 is 5.32 Å². The van der Waals surface area contributed by atoms with Gasteiger partial charge in [0.05, 0.1) is 0 Å². The van der Waals surface area contributed by atoms with Crippen molar-refractivity contribution in [2.75, 3.05) is 19.6 Å². The zero-order valence-electron chi connectivity index (χ0n) is 14.4. The molecule has 6 atom stereocenters. The molecule has 1 heterocycles. The molecule has 2 aliphatic rings. The minimum atomic E-state index is 0.714. The van der Waals surface area contributed by atoms with Gasteiger partial charge in [-0.05, 0) is 55.9 Å². The molecule has 0 aromatic carbocycles. The molecular weight excluding hydrogens is 244 g/mol. The Hall–Kier alpha value is -0.0800. The van der Waals surface area contributed by atoms with E-state index >= 15 is 0 Å². The van der Waals surface area contributed by atoms with Gasteiger partial charge in [0.1, 0.15) is 0 Å². The number of likely N-dealkylation sites (tertiary alicyclic amines) is 1. The van der Waals surface area contributed by atoms with Crippen molar-refractivity contribution >= 4 is 0 Å². The molecule has 0 aromatic heterocycles. The Kier molecular flexibility index (Phi) is 5.92. The monoisotopic (exact) mass is 280 g/mol. The first-order valence-electron chi connectivity index (χ1n) is 8.98. The molecule has 2 fully saturated rings. The third-order valence-corrected chi connectivity index (χ3v) is 5.40. The Morgan fingerprint density at radius 2 is 1.55 bits per heavy atom. The molecule has 1 aliphatic heterocycles. The quantitative estimate of drug-likeness (QED) is 0.843. The first-order chi connectivity index (χ1) is 9.51. The summed E-state index contributed by atoms with van der Waals surface area (Å²) in [4.78, 5) is 2.84. The normalized spacial score (nSPS) is 43.6. The maximum Gasteiger partial charge on any atom is 0.0275 e. The van der Waals surface area contributed by atoms with Gasteiger partial charge in [0.2, 0.25) is 0 Å². The van der Waals surface area contributed by atoms with E-state index in [-0.39, 0.29) is 0 Å². The van der Waals surface area contributed by atoms with Crippen LogP contribution in [0, 0.1) is 23.7 Å². The SMILES string of the molecule is CCCNC1CC(C)CC(C)C1N1CC(C)CC(C)C1. The molecule has 20 heavy (non-hydrogen) atoms. The van der Waals surface area contributed by atoms with E-state index in [0.717, 1.165) is 29.7 Å². The van der Waals surface area contributed by atoms with Gasteiger partial charge in [0, 0.05) is 25.2 Å². The summed E-state index contributed by atoms with van der Waals surface area (Å²) in [5.41, 5.74) is 0. The van der Waals surface area contributed by atoms with Crippen LogP contribution >= 0.6 is 0 Å². The lowest BCUT2D eigenvalue weighted by molar-refractivity contribution is 0.0175. The average molecular weight is 281 g/mol. The standard InChI is InChI=1S/C18H36N2/c1-6-7-19-17-10-13(2)9-16(5)18(17)20-11-14(3)8-15(4)12-20/h13-19H,6-12H2,1-5H3. The van der Waals surface area contributed by atoms with E-state index < -0.39 is 0 Å². The lowest BCUT2D eigenvalue weighted by Crippen LogP contribution is -2.59. The van der Waals surface area contributed by atoms with Crippen molar-refractivity contribution in [3.8, 4) is 0 Å². The zero-order chi connectivity index (χ0) is 14.7. The minimum Gasteiger partial charge on any atom is -0.312 e. The summed E-state index contributed by atoms with van der Waals surface area (Å²) in [5.74, 6) is 3.47. The fraction of sp³-hybridized carbons (Fsp3) is 1.00. The van der Waals surface area contributed by atoms with E-state index in [0.29, 0.717) is 6.04 Å². The van der Waals surface area contributed by atoms with Gasteiger partial charge >= 0.3 is 0 Å². The van der Waals surface area contributed by atoms with Crippen LogP contribution in [0.25, 0.3) is 0 Å². The van der Waals surface area contributed by atoms with Gasteiger partial charge in [0.25, 0.3) is 0 Å². The van der Waals surface area contributed by atoms with Crippen LogP contribution in [0.15, 0.2) is 0 Å². The average Bonchev–Trinajstić information content (AvgIpc) is 2.34. The summed E-state index contributed by atoms with van der Waals surface area (Å²) < 4.78 is 0. The molecule has 0 aromatic rings. The second kappa shape index (κ2) is 7.26. The predicted molar refractivity (Wildman–Crippen MR) is 87.9 cm³/mol. The van der Waals surface area contributed by atoms with E-state index in [1.807, 2.05) is 0 Å². The van der Waals surface area contributed by atoms with Gasteiger partial charge in [-0.15, -0.1) is 0 Å². The molecule has 0 bridgehead atoms.